The number of ketones is 1. The molecule has 0 aromatic carbocycles. The molecule has 17 heavy (non-hydrogen) atoms. The van der Waals surface area contributed by atoms with E-state index in [-0.39, 0.29) is 16.6 Å². The Hall–Kier alpha value is 0.520. The summed E-state index contributed by atoms with van der Waals surface area (Å²) in [5, 5.41) is 0. The van der Waals surface area contributed by atoms with Crippen LogP contribution in [0.5, 0.6) is 0 Å². The molecule has 0 aliphatic carbocycles. The van der Waals surface area contributed by atoms with Crippen LogP contribution >= 0.6 is 17.9 Å². The maximum atomic E-state index is 11.8. The van der Waals surface area contributed by atoms with E-state index in [2.05, 4.69) is 41.5 Å². The van der Waals surface area contributed by atoms with Crippen molar-refractivity contribution in [2.45, 2.75) is 41.5 Å². The number of halogens is 2. The summed E-state index contributed by atoms with van der Waals surface area (Å²) in [7, 11) is 13.4. The van der Waals surface area contributed by atoms with Crippen LogP contribution in [0.15, 0.2) is 19.4 Å². The molecule has 0 spiro atoms. The molecule has 0 unspecified atom stereocenters. The van der Waals surface area contributed by atoms with Crippen molar-refractivity contribution < 1.29 is 4.79 Å². The molecule has 98 valence electrons. The average molecular weight is 391 g/mol. The molecule has 0 saturated carbocycles. The van der Waals surface area contributed by atoms with E-state index in [9.17, 15) is 4.79 Å². The molecule has 1 rings (SSSR count). The first-order valence-corrected chi connectivity index (χ1v) is 13.8. The summed E-state index contributed by atoms with van der Waals surface area (Å²) in [6.45, 7) is 12.4. The van der Waals surface area contributed by atoms with Gasteiger partial charge in [0.05, 0.1) is 0 Å². The molecule has 1 nitrogen and oxygen atoms in total. The number of allylic oxidation sites excluding steroid dienone is 4. The van der Waals surface area contributed by atoms with Gasteiger partial charge in [-0.2, -0.15) is 0 Å². The fraction of sp³-hybridized carbons (Fsp3) is 0.615. The summed E-state index contributed by atoms with van der Waals surface area (Å²) in [4.78, 5) is 11.8. The van der Waals surface area contributed by atoms with Crippen LogP contribution in [0.25, 0.3) is 0 Å². The quantitative estimate of drug-likeness (QED) is 0.556. The van der Waals surface area contributed by atoms with Gasteiger partial charge >= 0.3 is 116 Å². The molecule has 0 N–H and O–H groups in total. The number of hydrogen-bond acceptors (Lipinski definition) is 1. The van der Waals surface area contributed by atoms with Gasteiger partial charge in [0.2, 0.25) is 0 Å². The van der Waals surface area contributed by atoms with Crippen LogP contribution in [0.4, 0.5) is 0 Å². The fourth-order valence-corrected chi connectivity index (χ4v) is 15.7. The van der Waals surface area contributed by atoms with Crippen molar-refractivity contribution in [3.63, 3.8) is 0 Å². The molecule has 0 amide bonds. The first-order chi connectivity index (χ1) is 7.37. The van der Waals surface area contributed by atoms with Gasteiger partial charge in [-0.25, -0.2) is 0 Å². The number of hydrogen-bond donors (Lipinski definition) is 0. The normalized spacial score (nSPS) is 22.9. The second kappa shape index (κ2) is 4.57. The van der Waals surface area contributed by atoms with Crippen LogP contribution < -0.4 is 0 Å². The predicted octanol–water partition coefficient (Wildman–Crippen LogP) is 4.51. The van der Waals surface area contributed by atoms with Crippen molar-refractivity contribution in [3.05, 3.63) is 19.4 Å². The van der Waals surface area contributed by atoms with Crippen LogP contribution in [-0.4, -0.2) is 21.7 Å². The number of carbonyl (C=O) groups excluding carboxylic acids is 1. The van der Waals surface area contributed by atoms with Crippen LogP contribution in [0.1, 0.15) is 41.5 Å². The molecule has 0 atom stereocenters. The molecule has 0 fully saturated rings. The monoisotopic (exact) mass is 392 g/mol. The molecule has 1 heterocycles. The van der Waals surface area contributed by atoms with Gasteiger partial charge in [-0.05, 0) is 0 Å². The summed E-state index contributed by atoms with van der Waals surface area (Å²) >= 11 is -3.31. The Balaban J connectivity index is 3.38. The zero-order valence-corrected chi connectivity index (χ0v) is 15.1. The maximum absolute atomic E-state index is 11.8. The third kappa shape index (κ3) is 3.29. The van der Waals surface area contributed by atoms with E-state index < -0.39 is 15.9 Å². The second-order valence-corrected chi connectivity index (χ2v) is 18.8. The molecular weight excluding hydrogens is 371 g/mol. The van der Waals surface area contributed by atoms with E-state index in [1.54, 1.807) is 12.2 Å². The molecule has 1 aliphatic rings. The number of carbonyl (C=O) groups is 1. The molecule has 4 heteroatoms. The van der Waals surface area contributed by atoms with Crippen LogP contribution in [0.2, 0.25) is 0 Å². The van der Waals surface area contributed by atoms with Crippen LogP contribution in [-0.2, 0) is 4.79 Å². The van der Waals surface area contributed by atoms with E-state index in [0.717, 1.165) is 7.24 Å². The van der Waals surface area contributed by atoms with Crippen molar-refractivity contribution in [1.82, 2.24) is 0 Å². The first-order valence-electron chi connectivity index (χ1n) is 5.58. The summed E-state index contributed by atoms with van der Waals surface area (Å²) in [5.41, 5.74) is -0.296. The van der Waals surface area contributed by atoms with Crippen molar-refractivity contribution >= 4 is 39.7 Å². The molecular formula is C13H20Cl2OTe. The average Bonchev–Trinajstić information content (AvgIpc) is 2.04. The first kappa shape index (κ1) is 15.6. The van der Waals surface area contributed by atoms with E-state index in [1.165, 1.54) is 0 Å². The standard InChI is InChI=1S/C13H20Cl2OTe/c1-12(2,3)10-7-9(16)8-11(13(4,5)6)17(10,14)15/h7-8H,1-6H3. The van der Waals surface area contributed by atoms with Gasteiger partial charge in [-0.15, -0.1) is 0 Å². The minimum absolute atomic E-state index is 0.0167. The predicted molar refractivity (Wildman–Crippen MR) is 77.5 cm³/mol. The van der Waals surface area contributed by atoms with Crippen molar-refractivity contribution in [1.29, 1.82) is 0 Å². The van der Waals surface area contributed by atoms with E-state index in [0.29, 0.717) is 0 Å². The SMILES string of the molecule is CC(C)(C)C1=CC(=O)C=C(C(C)(C)C)[Te]1(Cl)Cl. The van der Waals surface area contributed by atoms with Gasteiger partial charge in [0, 0.05) is 0 Å². The Labute approximate surface area is 116 Å². The topological polar surface area (TPSA) is 17.1 Å². The van der Waals surface area contributed by atoms with Gasteiger partial charge in [0.1, 0.15) is 0 Å². The Morgan fingerprint density at radius 2 is 1.18 bits per heavy atom. The van der Waals surface area contributed by atoms with Gasteiger partial charge in [-0.3, -0.25) is 0 Å². The van der Waals surface area contributed by atoms with Gasteiger partial charge in [0.25, 0.3) is 0 Å². The molecule has 0 saturated heterocycles. The zero-order chi connectivity index (χ0) is 13.6. The third-order valence-electron chi connectivity index (χ3n) is 2.58. The Morgan fingerprint density at radius 1 is 0.882 bits per heavy atom. The summed E-state index contributed by atoms with van der Waals surface area (Å²) in [6, 6.07) is 0. The van der Waals surface area contributed by atoms with E-state index in [4.69, 9.17) is 17.9 Å². The van der Waals surface area contributed by atoms with Crippen molar-refractivity contribution in [2.75, 3.05) is 0 Å². The second-order valence-electron chi connectivity index (χ2n) is 6.39. The Kier molecular flexibility index (Phi) is 4.18. The Bertz CT molecular complexity index is 370. The van der Waals surface area contributed by atoms with Crippen LogP contribution in [0, 0.1) is 10.8 Å². The van der Waals surface area contributed by atoms with Gasteiger partial charge < -0.3 is 0 Å². The molecule has 0 aromatic rings. The molecule has 0 radical (unpaired) electrons. The summed E-state index contributed by atoms with van der Waals surface area (Å²) in [6.07, 6.45) is 3.30. The van der Waals surface area contributed by atoms with Crippen molar-refractivity contribution in [3.8, 4) is 0 Å². The number of rotatable bonds is 0. The zero-order valence-electron chi connectivity index (χ0n) is 11.2. The van der Waals surface area contributed by atoms with Gasteiger partial charge in [-0.1, -0.05) is 0 Å². The van der Waals surface area contributed by atoms with Crippen LogP contribution in [0.3, 0.4) is 0 Å². The molecule has 0 bridgehead atoms. The van der Waals surface area contributed by atoms with Crippen molar-refractivity contribution in [2.24, 2.45) is 10.8 Å². The van der Waals surface area contributed by atoms with Gasteiger partial charge in [0.15, 0.2) is 0 Å². The fourth-order valence-electron chi connectivity index (χ4n) is 1.77. The minimum atomic E-state index is -3.31. The van der Waals surface area contributed by atoms with E-state index in [1.807, 2.05) is 0 Å². The molecule has 0 aromatic heterocycles. The summed E-state index contributed by atoms with van der Waals surface area (Å²) < 4.78 is 1.92. The Morgan fingerprint density at radius 3 is 1.41 bits per heavy atom. The van der Waals surface area contributed by atoms with E-state index >= 15 is 0 Å². The molecule has 1 aliphatic heterocycles. The third-order valence-corrected chi connectivity index (χ3v) is 14.4. The summed E-state index contributed by atoms with van der Waals surface area (Å²) in [5.74, 6) is 0.0167.